The number of benzene rings is 2. The Morgan fingerprint density at radius 3 is 2.36 bits per heavy atom. The van der Waals surface area contributed by atoms with Gasteiger partial charge in [-0.2, -0.15) is 0 Å². The summed E-state index contributed by atoms with van der Waals surface area (Å²) in [6.45, 7) is 2.75. The van der Waals surface area contributed by atoms with Gasteiger partial charge in [0.15, 0.2) is 11.5 Å². The molecule has 2 heterocycles. The van der Waals surface area contributed by atoms with Crippen LogP contribution in [0.5, 0.6) is 11.5 Å². The van der Waals surface area contributed by atoms with Gasteiger partial charge in [0.05, 0.1) is 6.04 Å². The first-order chi connectivity index (χ1) is 16.1. The summed E-state index contributed by atoms with van der Waals surface area (Å²) < 4.78 is 10.8. The summed E-state index contributed by atoms with van der Waals surface area (Å²) in [4.78, 5) is 30.4. The summed E-state index contributed by atoms with van der Waals surface area (Å²) in [6, 6.07) is 12.3. The average molecular weight is 470 g/mol. The predicted octanol–water partition coefficient (Wildman–Crippen LogP) is 4.02. The molecule has 5 rings (SSSR count). The molecule has 1 unspecified atom stereocenters. The van der Waals surface area contributed by atoms with Crippen LogP contribution in [0.15, 0.2) is 42.5 Å². The normalized spacial score (nSPS) is 19.5. The molecule has 8 heteroatoms. The van der Waals surface area contributed by atoms with E-state index < -0.39 is 0 Å². The first kappa shape index (κ1) is 22.0. The first-order valence-corrected chi connectivity index (χ1v) is 12.0. The van der Waals surface area contributed by atoms with E-state index in [1.54, 1.807) is 24.3 Å². The Morgan fingerprint density at radius 1 is 0.939 bits per heavy atom. The molecule has 1 aliphatic carbocycles. The lowest BCUT2D eigenvalue weighted by atomic mass is 9.94. The number of carbonyl (C=O) groups is 2. The molecule has 1 saturated heterocycles. The number of fused-ring (bicyclic) bond motifs is 1. The third kappa shape index (κ3) is 4.80. The molecule has 33 heavy (non-hydrogen) atoms. The van der Waals surface area contributed by atoms with Crippen LogP contribution in [-0.2, 0) is 4.79 Å². The third-order valence-electron chi connectivity index (χ3n) is 6.84. The Bertz CT molecular complexity index is 1010. The smallest absolute Gasteiger partial charge is 0.253 e. The maximum absolute atomic E-state index is 13.5. The Labute approximate surface area is 198 Å². The van der Waals surface area contributed by atoms with Gasteiger partial charge in [0, 0.05) is 48.5 Å². The summed E-state index contributed by atoms with van der Waals surface area (Å²) in [5.41, 5.74) is 1.35. The van der Waals surface area contributed by atoms with Gasteiger partial charge in [0.2, 0.25) is 12.7 Å². The quantitative estimate of drug-likeness (QED) is 0.716. The molecule has 0 radical (unpaired) electrons. The van der Waals surface area contributed by atoms with Crippen LogP contribution in [0, 0.1) is 5.92 Å². The maximum atomic E-state index is 13.5. The zero-order valence-electron chi connectivity index (χ0n) is 18.5. The zero-order valence-corrected chi connectivity index (χ0v) is 19.2. The van der Waals surface area contributed by atoms with E-state index in [1.807, 2.05) is 23.1 Å². The van der Waals surface area contributed by atoms with Crippen molar-refractivity contribution < 1.29 is 19.1 Å². The summed E-state index contributed by atoms with van der Waals surface area (Å²) in [7, 11) is 0. The number of amides is 2. The summed E-state index contributed by atoms with van der Waals surface area (Å²) in [5.74, 6) is 1.70. The Kier molecular flexibility index (Phi) is 6.42. The molecule has 0 aromatic heterocycles. The van der Waals surface area contributed by atoms with Gasteiger partial charge in [0.25, 0.3) is 5.91 Å². The monoisotopic (exact) mass is 469 g/mol. The topological polar surface area (TPSA) is 71.1 Å². The minimum absolute atomic E-state index is 0.00791. The average Bonchev–Trinajstić information content (AvgIpc) is 3.52. The van der Waals surface area contributed by atoms with E-state index >= 15 is 0 Å². The fraction of sp³-hybridized carbons (Fsp3) is 0.440. The van der Waals surface area contributed by atoms with Crippen molar-refractivity contribution in [1.82, 2.24) is 9.80 Å². The number of rotatable bonds is 5. The highest BCUT2D eigenvalue weighted by Gasteiger charge is 2.37. The van der Waals surface area contributed by atoms with Crippen LogP contribution in [0.25, 0.3) is 0 Å². The van der Waals surface area contributed by atoms with Crippen molar-refractivity contribution in [2.24, 2.45) is 5.92 Å². The minimum atomic E-state index is -0.203. The number of halogens is 1. The van der Waals surface area contributed by atoms with E-state index in [4.69, 9.17) is 21.1 Å². The maximum Gasteiger partial charge on any atom is 0.253 e. The van der Waals surface area contributed by atoms with Crippen molar-refractivity contribution in [2.45, 2.75) is 31.7 Å². The van der Waals surface area contributed by atoms with Crippen LogP contribution < -0.4 is 14.8 Å². The predicted molar refractivity (Wildman–Crippen MR) is 126 cm³/mol. The highest BCUT2D eigenvalue weighted by Crippen LogP contribution is 2.35. The SMILES string of the molecule is O=C(Nc1ccc2c(c1)OCO2)C(C1CCCC1)N1CCN(C(=O)c2ccc(Cl)cc2)CC1. The molecular formula is C25H28ClN3O4. The summed E-state index contributed by atoms with van der Waals surface area (Å²) in [5, 5.41) is 3.72. The van der Waals surface area contributed by atoms with Gasteiger partial charge in [-0.3, -0.25) is 14.5 Å². The van der Waals surface area contributed by atoms with Gasteiger partial charge in [-0.1, -0.05) is 24.4 Å². The second-order valence-electron chi connectivity index (χ2n) is 8.88. The first-order valence-electron chi connectivity index (χ1n) is 11.6. The van der Waals surface area contributed by atoms with Crippen molar-refractivity contribution in [3.8, 4) is 11.5 Å². The van der Waals surface area contributed by atoms with Gasteiger partial charge in [-0.25, -0.2) is 0 Å². The van der Waals surface area contributed by atoms with Crippen molar-refractivity contribution in [2.75, 3.05) is 38.3 Å². The number of hydrogen-bond donors (Lipinski definition) is 1. The summed E-state index contributed by atoms with van der Waals surface area (Å²) in [6.07, 6.45) is 4.44. The second-order valence-corrected chi connectivity index (χ2v) is 9.32. The molecule has 2 aromatic rings. The molecule has 2 fully saturated rings. The van der Waals surface area contributed by atoms with Crippen molar-refractivity contribution >= 4 is 29.1 Å². The van der Waals surface area contributed by atoms with Gasteiger partial charge < -0.3 is 19.7 Å². The standard InChI is InChI=1S/C25H28ClN3O4/c26-19-7-5-18(6-8-19)25(31)29-13-11-28(12-14-29)23(17-3-1-2-4-17)24(30)27-20-9-10-21-22(15-20)33-16-32-21/h5-10,15,17,23H,1-4,11-14,16H2,(H,27,30). The molecule has 1 atom stereocenters. The molecule has 1 saturated carbocycles. The van der Waals surface area contributed by atoms with Crippen LogP contribution in [0.4, 0.5) is 5.69 Å². The highest BCUT2D eigenvalue weighted by molar-refractivity contribution is 6.30. The largest absolute Gasteiger partial charge is 0.454 e. The molecule has 0 bridgehead atoms. The van der Waals surface area contributed by atoms with Gasteiger partial charge in [-0.05, 0) is 55.2 Å². The fourth-order valence-electron chi connectivity index (χ4n) is 5.12. The highest BCUT2D eigenvalue weighted by atomic mass is 35.5. The Balaban J connectivity index is 1.26. The van der Waals surface area contributed by atoms with Crippen molar-refractivity contribution in [3.05, 3.63) is 53.1 Å². The van der Waals surface area contributed by atoms with E-state index in [-0.39, 0.29) is 24.6 Å². The molecule has 1 N–H and O–H groups in total. The Hall–Kier alpha value is -2.77. The van der Waals surface area contributed by atoms with Crippen LogP contribution in [0.3, 0.4) is 0 Å². The molecule has 3 aliphatic rings. The van der Waals surface area contributed by atoms with E-state index in [1.165, 1.54) is 0 Å². The molecule has 2 aliphatic heterocycles. The van der Waals surface area contributed by atoms with E-state index in [0.717, 1.165) is 25.7 Å². The summed E-state index contributed by atoms with van der Waals surface area (Å²) >= 11 is 5.95. The van der Waals surface area contributed by atoms with Crippen LogP contribution in [0.1, 0.15) is 36.0 Å². The molecular weight excluding hydrogens is 442 g/mol. The van der Waals surface area contributed by atoms with Crippen molar-refractivity contribution in [3.63, 3.8) is 0 Å². The van der Waals surface area contributed by atoms with Crippen LogP contribution in [0.2, 0.25) is 5.02 Å². The van der Waals surface area contributed by atoms with Gasteiger partial charge in [0.1, 0.15) is 0 Å². The number of hydrogen-bond acceptors (Lipinski definition) is 5. The van der Waals surface area contributed by atoms with E-state index in [0.29, 0.717) is 59.9 Å². The molecule has 2 aromatic carbocycles. The van der Waals surface area contributed by atoms with Crippen molar-refractivity contribution in [1.29, 1.82) is 0 Å². The Morgan fingerprint density at radius 2 is 1.64 bits per heavy atom. The molecule has 0 spiro atoms. The number of nitrogens with zero attached hydrogens (tertiary/aromatic N) is 2. The fourth-order valence-corrected chi connectivity index (χ4v) is 5.25. The third-order valence-corrected chi connectivity index (χ3v) is 7.09. The van der Waals surface area contributed by atoms with Crippen LogP contribution in [-0.4, -0.2) is 60.6 Å². The van der Waals surface area contributed by atoms with Gasteiger partial charge >= 0.3 is 0 Å². The number of piperazine rings is 1. The minimum Gasteiger partial charge on any atom is -0.454 e. The zero-order chi connectivity index (χ0) is 22.8. The van der Waals surface area contributed by atoms with Crippen LogP contribution >= 0.6 is 11.6 Å². The van der Waals surface area contributed by atoms with Gasteiger partial charge in [-0.15, -0.1) is 0 Å². The number of ether oxygens (including phenoxy) is 2. The lowest BCUT2D eigenvalue weighted by molar-refractivity contribution is -0.123. The number of nitrogens with one attached hydrogen (secondary N) is 1. The number of anilines is 1. The second kappa shape index (κ2) is 9.61. The van der Waals surface area contributed by atoms with E-state index in [2.05, 4.69) is 10.2 Å². The molecule has 2 amide bonds. The molecule has 174 valence electrons. The molecule has 7 nitrogen and oxygen atoms in total. The van der Waals surface area contributed by atoms with E-state index in [9.17, 15) is 9.59 Å². The lowest BCUT2D eigenvalue weighted by Gasteiger charge is -2.40. The number of carbonyl (C=O) groups excluding carboxylic acids is 2. The lowest BCUT2D eigenvalue weighted by Crippen LogP contribution is -2.56.